The molecule has 1 aromatic heterocycles. The summed E-state index contributed by atoms with van der Waals surface area (Å²) in [5, 5.41) is 9.19. The molecule has 3 aromatic rings. The average Bonchev–Trinajstić information content (AvgIpc) is 2.83. The van der Waals surface area contributed by atoms with Crippen molar-refractivity contribution in [3.05, 3.63) is 60.4 Å². The van der Waals surface area contributed by atoms with E-state index >= 15 is 0 Å². The third-order valence-corrected chi connectivity index (χ3v) is 2.81. The van der Waals surface area contributed by atoms with Crippen LogP contribution in [-0.4, -0.2) is 20.7 Å². The highest BCUT2D eigenvalue weighted by molar-refractivity contribution is 6.00. The number of hydrogen-bond acceptors (Lipinski definition) is 3. The zero-order chi connectivity index (χ0) is 13.2. The summed E-state index contributed by atoms with van der Waals surface area (Å²) in [4.78, 5) is 16.2. The number of aromatic hydroxyl groups is 1. The molecule has 0 aliphatic rings. The van der Waals surface area contributed by atoms with Crippen LogP contribution in [-0.2, 0) is 0 Å². The number of carbonyl (C=O) groups excluding carboxylic acids is 1. The van der Waals surface area contributed by atoms with E-state index in [1.165, 1.54) is 12.1 Å². The second-order valence-electron chi connectivity index (χ2n) is 4.09. The lowest BCUT2D eigenvalue weighted by Gasteiger charge is -2.06. The maximum absolute atomic E-state index is 12.0. The molecule has 5 nitrogen and oxygen atoms in total. The molecule has 0 radical (unpaired) electrons. The van der Waals surface area contributed by atoms with E-state index in [-0.39, 0.29) is 11.7 Å². The minimum absolute atomic E-state index is 0.129. The monoisotopic (exact) mass is 253 g/mol. The van der Waals surface area contributed by atoms with Crippen molar-refractivity contribution in [1.82, 2.24) is 9.66 Å². The lowest BCUT2D eigenvalue weighted by atomic mass is 10.2. The van der Waals surface area contributed by atoms with Gasteiger partial charge in [0.1, 0.15) is 12.1 Å². The van der Waals surface area contributed by atoms with Crippen LogP contribution in [0.3, 0.4) is 0 Å². The second kappa shape index (κ2) is 4.45. The van der Waals surface area contributed by atoms with E-state index in [2.05, 4.69) is 10.4 Å². The van der Waals surface area contributed by atoms with E-state index in [0.29, 0.717) is 5.56 Å². The Balaban J connectivity index is 1.89. The third kappa shape index (κ3) is 2.13. The molecule has 1 amide bonds. The smallest absolute Gasteiger partial charge is 0.270 e. The summed E-state index contributed by atoms with van der Waals surface area (Å²) in [7, 11) is 0. The number of nitrogens with zero attached hydrogens (tertiary/aromatic N) is 2. The first kappa shape index (κ1) is 11.3. The van der Waals surface area contributed by atoms with Crippen LogP contribution >= 0.6 is 0 Å². The van der Waals surface area contributed by atoms with Gasteiger partial charge in [0.05, 0.1) is 11.0 Å². The highest BCUT2D eigenvalue weighted by atomic mass is 16.3. The van der Waals surface area contributed by atoms with Crippen LogP contribution in [0, 0.1) is 0 Å². The quantitative estimate of drug-likeness (QED) is 0.735. The fraction of sp³-hybridized carbons (Fsp3) is 0. The number of rotatable bonds is 2. The topological polar surface area (TPSA) is 67.2 Å². The maximum Gasteiger partial charge on any atom is 0.270 e. The molecule has 0 aliphatic heterocycles. The van der Waals surface area contributed by atoms with Crippen molar-refractivity contribution < 1.29 is 9.90 Å². The predicted octanol–water partition coefficient (Wildman–Crippen LogP) is 2.13. The normalized spacial score (nSPS) is 10.5. The molecule has 3 rings (SSSR count). The number of aromatic nitrogens is 2. The second-order valence-corrected chi connectivity index (χ2v) is 4.09. The summed E-state index contributed by atoms with van der Waals surface area (Å²) < 4.78 is 1.57. The van der Waals surface area contributed by atoms with Gasteiger partial charge in [0.25, 0.3) is 5.91 Å². The van der Waals surface area contributed by atoms with Crippen LogP contribution < -0.4 is 5.43 Å². The molecular formula is C14H11N3O2. The molecule has 94 valence electrons. The molecular weight excluding hydrogens is 242 g/mol. The molecule has 0 bridgehead atoms. The highest BCUT2D eigenvalue weighted by Crippen LogP contribution is 2.12. The van der Waals surface area contributed by atoms with Gasteiger partial charge in [-0.25, -0.2) is 9.66 Å². The number of imidazole rings is 1. The number of phenols is 1. The summed E-state index contributed by atoms with van der Waals surface area (Å²) in [5.41, 5.74) is 4.84. The minimum atomic E-state index is -0.261. The van der Waals surface area contributed by atoms with E-state index in [9.17, 15) is 9.90 Å². The zero-order valence-corrected chi connectivity index (χ0v) is 9.95. The molecule has 0 atom stereocenters. The zero-order valence-electron chi connectivity index (χ0n) is 9.95. The summed E-state index contributed by atoms with van der Waals surface area (Å²) in [6.07, 6.45) is 1.56. The van der Waals surface area contributed by atoms with Crippen molar-refractivity contribution in [3.8, 4) is 5.75 Å². The van der Waals surface area contributed by atoms with E-state index in [4.69, 9.17) is 0 Å². The van der Waals surface area contributed by atoms with E-state index < -0.39 is 0 Å². The number of carbonyl (C=O) groups is 1. The van der Waals surface area contributed by atoms with Crippen LogP contribution in [0.2, 0.25) is 0 Å². The molecule has 2 N–H and O–H groups in total. The van der Waals surface area contributed by atoms with Gasteiger partial charge in [-0.3, -0.25) is 10.2 Å². The number of phenolic OH excluding ortho intramolecular Hbond substituents is 1. The Morgan fingerprint density at radius 1 is 1.11 bits per heavy atom. The summed E-state index contributed by atoms with van der Waals surface area (Å²) >= 11 is 0. The summed E-state index contributed by atoms with van der Waals surface area (Å²) in [6.45, 7) is 0. The van der Waals surface area contributed by atoms with Gasteiger partial charge in [-0.15, -0.1) is 0 Å². The molecule has 19 heavy (non-hydrogen) atoms. The number of nitrogens with one attached hydrogen (secondary N) is 1. The third-order valence-electron chi connectivity index (χ3n) is 2.81. The molecule has 0 fully saturated rings. The molecule has 0 unspecified atom stereocenters. The van der Waals surface area contributed by atoms with Gasteiger partial charge in [0.15, 0.2) is 0 Å². The summed E-state index contributed by atoms with van der Waals surface area (Å²) in [5.74, 6) is -0.132. The lowest BCUT2D eigenvalue weighted by Crippen LogP contribution is -2.21. The Labute approximate surface area is 109 Å². The molecule has 2 aromatic carbocycles. The van der Waals surface area contributed by atoms with Crippen molar-refractivity contribution >= 4 is 16.9 Å². The minimum Gasteiger partial charge on any atom is -0.508 e. The Morgan fingerprint density at radius 2 is 1.84 bits per heavy atom. The highest BCUT2D eigenvalue weighted by Gasteiger charge is 2.08. The van der Waals surface area contributed by atoms with Gasteiger partial charge in [0.2, 0.25) is 0 Å². The standard InChI is InChI=1S/C14H11N3O2/c18-11-7-5-10(6-8-11)14(19)16-17-9-15-12-3-1-2-4-13(12)17/h1-9,18H,(H,16,19). The van der Waals surface area contributed by atoms with Crippen molar-refractivity contribution in [2.75, 3.05) is 5.43 Å². The Hall–Kier alpha value is -2.82. The number of hydrogen-bond donors (Lipinski definition) is 2. The molecule has 0 aliphatic carbocycles. The van der Waals surface area contributed by atoms with Crippen LogP contribution in [0.25, 0.3) is 11.0 Å². The average molecular weight is 253 g/mol. The first-order valence-electron chi connectivity index (χ1n) is 5.76. The fourth-order valence-electron chi connectivity index (χ4n) is 1.84. The van der Waals surface area contributed by atoms with E-state index in [0.717, 1.165) is 11.0 Å². The van der Waals surface area contributed by atoms with Crippen LogP contribution in [0.5, 0.6) is 5.75 Å². The molecule has 0 saturated heterocycles. The maximum atomic E-state index is 12.0. The number of fused-ring (bicyclic) bond motifs is 1. The first-order chi connectivity index (χ1) is 9.24. The van der Waals surface area contributed by atoms with Gasteiger partial charge in [0, 0.05) is 5.56 Å². The van der Waals surface area contributed by atoms with Crippen molar-refractivity contribution in [2.45, 2.75) is 0 Å². The molecule has 5 heteroatoms. The van der Waals surface area contributed by atoms with E-state index in [1.807, 2.05) is 24.3 Å². The predicted molar refractivity (Wildman–Crippen MR) is 71.5 cm³/mol. The molecule has 1 heterocycles. The van der Waals surface area contributed by atoms with Crippen LogP contribution in [0.1, 0.15) is 10.4 Å². The molecule has 0 saturated carbocycles. The Bertz CT molecular complexity index is 732. The van der Waals surface area contributed by atoms with E-state index in [1.54, 1.807) is 23.1 Å². The largest absolute Gasteiger partial charge is 0.508 e. The van der Waals surface area contributed by atoms with Crippen molar-refractivity contribution in [2.24, 2.45) is 0 Å². The summed E-state index contributed by atoms with van der Waals surface area (Å²) in [6, 6.07) is 13.6. The van der Waals surface area contributed by atoms with Gasteiger partial charge >= 0.3 is 0 Å². The van der Waals surface area contributed by atoms with Crippen molar-refractivity contribution in [3.63, 3.8) is 0 Å². The first-order valence-corrected chi connectivity index (χ1v) is 5.76. The van der Waals surface area contributed by atoms with Crippen LogP contribution in [0.4, 0.5) is 0 Å². The van der Waals surface area contributed by atoms with Crippen LogP contribution in [0.15, 0.2) is 54.9 Å². The number of para-hydroxylation sites is 2. The SMILES string of the molecule is O=C(Nn1cnc2ccccc21)c1ccc(O)cc1. The lowest BCUT2D eigenvalue weighted by molar-refractivity contribution is 0.101. The Morgan fingerprint density at radius 3 is 2.63 bits per heavy atom. The van der Waals surface area contributed by atoms with Gasteiger partial charge in [-0.1, -0.05) is 12.1 Å². The molecule has 0 spiro atoms. The van der Waals surface area contributed by atoms with Gasteiger partial charge in [-0.05, 0) is 36.4 Å². The Kier molecular flexibility index (Phi) is 2.64. The van der Waals surface area contributed by atoms with Gasteiger partial charge in [-0.2, -0.15) is 0 Å². The number of amides is 1. The van der Waals surface area contributed by atoms with Gasteiger partial charge < -0.3 is 5.11 Å². The fourth-order valence-corrected chi connectivity index (χ4v) is 1.84. The number of benzene rings is 2. The van der Waals surface area contributed by atoms with Crippen molar-refractivity contribution in [1.29, 1.82) is 0 Å².